The van der Waals surface area contributed by atoms with Gasteiger partial charge in [-0.1, -0.05) is 67.8 Å². The molecular weight excluding hydrogens is 232 g/mol. The van der Waals surface area contributed by atoms with E-state index in [4.69, 9.17) is 0 Å². The second-order valence-corrected chi connectivity index (χ2v) is 4.83. The van der Waals surface area contributed by atoms with Crippen molar-refractivity contribution in [2.24, 2.45) is 0 Å². The second kappa shape index (κ2) is 5.85. The number of aryl methyl sites for hydroxylation is 1. The van der Waals surface area contributed by atoms with Crippen molar-refractivity contribution in [1.82, 2.24) is 0 Å². The highest BCUT2D eigenvalue weighted by Gasteiger charge is 2.29. The predicted molar refractivity (Wildman–Crippen MR) is 80.9 cm³/mol. The summed E-state index contributed by atoms with van der Waals surface area (Å²) in [5.41, 5.74) is 1.50. The third kappa shape index (κ3) is 2.77. The molecule has 1 heteroatoms. The molecule has 0 radical (unpaired) electrons. The molecule has 0 bridgehead atoms. The van der Waals surface area contributed by atoms with Crippen LogP contribution in [0.1, 0.15) is 24.0 Å². The molecule has 0 fully saturated rings. The molecule has 0 aliphatic heterocycles. The topological polar surface area (TPSA) is 20.2 Å². The van der Waals surface area contributed by atoms with Gasteiger partial charge in [0.05, 0.1) is 0 Å². The first-order valence-corrected chi connectivity index (χ1v) is 6.65. The molecule has 0 aromatic heterocycles. The normalized spacial score (nSPS) is 26.9. The van der Waals surface area contributed by atoms with Crippen molar-refractivity contribution in [1.29, 1.82) is 0 Å². The maximum absolute atomic E-state index is 10.9. The monoisotopic (exact) mass is 252 g/mol. The fourth-order valence-electron chi connectivity index (χ4n) is 2.41. The first-order valence-electron chi connectivity index (χ1n) is 6.65. The minimum absolute atomic E-state index is 0.640. The van der Waals surface area contributed by atoms with E-state index in [1.54, 1.807) is 6.08 Å². The van der Waals surface area contributed by atoms with Gasteiger partial charge in [-0.25, -0.2) is 0 Å². The zero-order valence-electron chi connectivity index (χ0n) is 11.2. The van der Waals surface area contributed by atoms with Crippen molar-refractivity contribution in [2.45, 2.75) is 24.9 Å². The van der Waals surface area contributed by atoms with E-state index in [2.05, 4.69) is 25.3 Å². The van der Waals surface area contributed by atoms with Gasteiger partial charge in [-0.05, 0) is 36.0 Å². The first kappa shape index (κ1) is 13.6. The van der Waals surface area contributed by atoms with Crippen molar-refractivity contribution in [3.05, 3.63) is 84.5 Å². The van der Waals surface area contributed by atoms with E-state index in [9.17, 15) is 5.11 Å². The lowest BCUT2D eigenvalue weighted by atomic mass is 9.83. The quantitative estimate of drug-likeness (QED) is 0.747. The van der Waals surface area contributed by atoms with Gasteiger partial charge in [0.2, 0.25) is 0 Å². The van der Waals surface area contributed by atoms with Gasteiger partial charge in [0.1, 0.15) is 5.60 Å². The molecule has 1 unspecified atom stereocenters. The molecule has 1 aliphatic carbocycles. The maximum atomic E-state index is 10.9. The van der Waals surface area contributed by atoms with Gasteiger partial charge in [-0.15, -0.1) is 0 Å². The van der Waals surface area contributed by atoms with Crippen LogP contribution in [0.4, 0.5) is 0 Å². The third-order valence-electron chi connectivity index (χ3n) is 3.57. The van der Waals surface area contributed by atoms with Gasteiger partial charge in [0.15, 0.2) is 0 Å². The molecule has 1 nitrogen and oxygen atoms in total. The van der Waals surface area contributed by atoms with Crippen LogP contribution in [0.5, 0.6) is 0 Å². The van der Waals surface area contributed by atoms with E-state index in [1.807, 2.05) is 36.4 Å². The summed E-state index contributed by atoms with van der Waals surface area (Å²) in [6.07, 6.45) is 12.5. The summed E-state index contributed by atoms with van der Waals surface area (Å²) < 4.78 is 0. The summed E-state index contributed by atoms with van der Waals surface area (Å²) in [7, 11) is 0. The summed E-state index contributed by atoms with van der Waals surface area (Å²) in [6, 6.07) is 7.99. The lowest BCUT2D eigenvalue weighted by Gasteiger charge is -2.28. The number of hydrogen-bond donors (Lipinski definition) is 1. The van der Waals surface area contributed by atoms with E-state index < -0.39 is 5.60 Å². The van der Waals surface area contributed by atoms with E-state index in [0.29, 0.717) is 5.57 Å². The van der Waals surface area contributed by atoms with Crippen LogP contribution in [0.2, 0.25) is 0 Å². The van der Waals surface area contributed by atoms with Gasteiger partial charge in [0.25, 0.3) is 0 Å². The molecule has 0 saturated carbocycles. The van der Waals surface area contributed by atoms with Crippen molar-refractivity contribution < 1.29 is 5.11 Å². The Morgan fingerprint density at radius 2 is 2.00 bits per heavy atom. The summed E-state index contributed by atoms with van der Waals surface area (Å²) in [6.45, 7) is 7.79. The van der Waals surface area contributed by atoms with Crippen LogP contribution >= 0.6 is 0 Å². The van der Waals surface area contributed by atoms with Crippen molar-refractivity contribution >= 4 is 0 Å². The van der Waals surface area contributed by atoms with E-state index in [1.165, 1.54) is 0 Å². The van der Waals surface area contributed by atoms with Gasteiger partial charge < -0.3 is 5.11 Å². The van der Waals surface area contributed by atoms with Crippen LogP contribution in [0.15, 0.2) is 73.4 Å². The molecule has 1 N–H and O–H groups in total. The number of rotatable bonds is 1. The summed E-state index contributed by atoms with van der Waals surface area (Å²) in [5, 5.41) is 10.9. The van der Waals surface area contributed by atoms with E-state index in [0.717, 1.165) is 30.4 Å². The Labute approximate surface area is 115 Å². The smallest absolute Gasteiger partial charge is 0.133 e. The minimum atomic E-state index is -1.19. The molecule has 1 aromatic rings. The molecule has 1 atom stereocenters. The van der Waals surface area contributed by atoms with Crippen LogP contribution in [-0.4, -0.2) is 5.11 Å². The Kier molecular flexibility index (Phi) is 4.18. The van der Waals surface area contributed by atoms with Crippen molar-refractivity contribution in [3.63, 3.8) is 0 Å². The molecule has 0 heterocycles. The summed E-state index contributed by atoms with van der Waals surface area (Å²) in [4.78, 5) is 0. The van der Waals surface area contributed by atoms with Crippen molar-refractivity contribution in [2.75, 3.05) is 0 Å². The lowest BCUT2D eigenvalue weighted by Crippen LogP contribution is -2.25. The fourth-order valence-corrected chi connectivity index (χ4v) is 2.41. The standard InChI is InChI=1S/C18H20O/c1-3-18(19)15(2)11-7-5-4-6-8-12-16-13-9-10-14-17(16)18/h3-5,7,9-11,13-14,19H,1-2,6,8,12H2/b5-4-,11-7-. The Hall–Kier alpha value is -1.86. The summed E-state index contributed by atoms with van der Waals surface area (Å²) >= 11 is 0. The van der Waals surface area contributed by atoms with Gasteiger partial charge >= 0.3 is 0 Å². The highest BCUT2D eigenvalue weighted by molar-refractivity contribution is 5.46. The number of allylic oxidation sites excluding steroid dienone is 3. The number of aliphatic hydroxyl groups is 1. The largest absolute Gasteiger partial charge is 0.377 e. The molecule has 19 heavy (non-hydrogen) atoms. The predicted octanol–water partition coefficient (Wildman–Crippen LogP) is 4.07. The Morgan fingerprint density at radius 3 is 2.79 bits per heavy atom. The van der Waals surface area contributed by atoms with Crippen LogP contribution in [0.25, 0.3) is 0 Å². The fraction of sp³-hybridized carbons (Fsp3) is 0.222. The Bertz CT molecular complexity index is 536. The first-order chi connectivity index (χ1) is 9.18. The molecule has 0 amide bonds. The maximum Gasteiger partial charge on any atom is 0.133 e. The minimum Gasteiger partial charge on any atom is -0.377 e. The molecule has 0 saturated heterocycles. The molecule has 2 rings (SSSR count). The Balaban J connectivity index is 2.55. The number of benzene rings is 1. The van der Waals surface area contributed by atoms with Crippen LogP contribution in [0.3, 0.4) is 0 Å². The highest BCUT2D eigenvalue weighted by atomic mass is 16.3. The van der Waals surface area contributed by atoms with Crippen LogP contribution in [0, 0.1) is 0 Å². The van der Waals surface area contributed by atoms with Crippen LogP contribution < -0.4 is 0 Å². The molecule has 1 aliphatic rings. The molecule has 1 aromatic carbocycles. The third-order valence-corrected chi connectivity index (χ3v) is 3.57. The zero-order chi connectivity index (χ0) is 13.7. The average molecular weight is 252 g/mol. The average Bonchev–Trinajstić information content (AvgIpc) is 2.47. The molecule has 98 valence electrons. The summed E-state index contributed by atoms with van der Waals surface area (Å²) in [5.74, 6) is 0. The number of fused-ring (bicyclic) bond motifs is 1. The van der Waals surface area contributed by atoms with Crippen molar-refractivity contribution in [3.8, 4) is 0 Å². The second-order valence-electron chi connectivity index (χ2n) is 4.83. The van der Waals surface area contributed by atoms with Gasteiger partial charge in [-0.3, -0.25) is 0 Å². The van der Waals surface area contributed by atoms with Crippen LogP contribution in [-0.2, 0) is 12.0 Å². The van der Waals surface area contributed by atoms with E-state index in [-0.39, 0.29) is 0 Å². The number of hydrogen-bond acceptors (Lipinski definition) is 1. The van der Waals surface area contributed by atoms with Gasteiger partial charge in [-0.2, -0.15) is 0 Å². The molecule has 0 spiro atoms. The Morgan fingerprint density at radius 1 is 1.21 bits per heavy atom. The lowest BCUT2D eigenvalue weighted by molar-refractivity contribution is 0.133. The SMILES string of the molecule is C=CC1(O)C(=C)/C=C\C=C/CCCc2ccccc21. The molecular formula is C18H20O. The zero-order valence-corrected chi connectivity index (χ0v) is 11.2. The highest BCUT2D eigenvalue weighted by Crippen LogP contribution is 2.33. The van der Waals surface area contributed by atoms with Gasteiger partial charge in [0, 0.05) is 0 Å². The van der Waals surface area contributed by atoms with E-state index >= 15 is 0 Å².